The lowest BCUT2D eigenvalue weighted by atomic mass is 10.1. The van der Waals surface area contributed by atoms with Crippen LogP contribution in [0.4, 0.5) is 5.69 Å². The molecule has 2 heterocycles. The Morgan fingerprint density at radius 2 is 1.68 bits per heavy atom. The first kappa shape index (κ1) is 15.2. The zero-order valence-corrected chi connectivity index (χ0v) is 13.3. The van der Waals surface area contributed by atoms with Gasteiger partial charge in [0, 0.05) is 0 Å². The van der Waals surface area contributed by atoms with Crippen LogP contribution in [0.1, 0.15) is 25.8 Å². The van der Waals surface area contributed by atoms with Crippen molar-refractivity contribution in [2.24, 2.45) is 0 Å². The van der Waals surface area contributed by atoms with Crippen LogP contribution in [0.3, 0.4) is 0 Å². The van der Waals surface area contributed by atoms with Crippen LogP contribution in [0.15, 0.2) is 24.3 Å². The fourth-order valence-electron chi connectivity index (χ4n) is 3.52. The van der Waals surface area contributed by atoms with E-state index < -0.39 is 0 Å². The van der Waals surface area contributed by atoms with Crippen molar-refractivity contribution in [3.05, 3.63) is 29.8 Å². The highest BCUT2D eigenvalue weighted by Crippen LogP contribution is 2.22. The molecule has 3 atom stereocenters. The van der Waals surface area contributed by atoms with Crippen molar-refractivity contribution in [2.45, 2.75) is 45.4 Å². The maximum absolute atomic E-state index is 12.8. The fraction of sp³-hybridized carbons (Fsp3) is 0.529. The second kappa shape index (κ2) is 5.82. The number of carbonyl (C=O) groups is 2. The van der Waals surface area contributed by atoms with E-state index in [1.165, 1.54) is 9.80 Å². The SMILES string of the molecule is Cc1ccc(N2C(=O)CC([NH+]3CC(C)OC(C)C3)C2=O)cc1. The molecule has 2 amide bonds. The van der Waals surface area contributed by atoms with Gasteiger partial charge in [0.2, 0.25) is 5.91 Å². The summed E-state index contributed by atoms with van der Waals surface area (Å²) in [6.07, 6.45) is 0.534. The zero-order valence-electron chi connectivity index (χ0n) is 13.3. The van der Waals surface area contributed by atoms with Gasteiger partial charge < -0.3 is 9.64 Å². The second-order valence-electron chi connectivity index (χ2n) is 6.48. The molecule has 2 fully saturated rings. The molecule has 0 bridgehead atoms. The fourth-order valence-corrected chi connectivity index (χ4v) is 3.52. The standard InChI is InChI=1S/C17H22N2O3/c1-11-4-6-14(7-5-11)19-16(20)8-15(17(19)21)18-9-12(2)22-13(3)10-18/h4-7,12-13,15H,8-10H2,1-3H3/p+1. The summed E-state index contributed by atoms with van der Waals surface area (Å²) in [6, 6.07) is 7.26. The Morgan fingerprint density at radius 1 is 1.09 bits per heavy atom. The van der Waals surface area contributed by atoms with E-state index in [4.69, 9.17) is 4.74 Å². The Morgan fingerprint density at radius 3 is 2.27 bits per heavy atom. The number of hydrogen-bond acceptors (Lipinski definition) is 3. The molecule has 0 aromatic heterocycles. The first-order valence-corrected chi connectivity index (χ1v) is 7.89. The van der Waals surface area contributed by atoms with Gasteiger partial charge in [-0.05, 0) is 32.9 Å². The number of anilines is 1. The molecule has 0 aliphatic carbocycles. The number of hydrogen-bond donors (Lipinski definition) is 1. The molecule has 2 aliphatic rings. The number of morpholine rings is 1. The summed E-state index contributed by atoms with van der Waals surface area (Å²) in [6.45, 7) is 7.58. The summed E-state index contributed by atoms with van der Waals surface area (Å²) in [4.78, 5) is 27.6. The van der Waals surface area contributed by atoms with Gasteiger partial charge in [-0.2, -0.15) is 0 Å². The van der Waals surface area contributed by atoms with E-state index in [2.05, 4.69) is 0 Å². The van der Waals surface area contributed by atoms with E-state index in [0.717, 1.165) is 18.7 Å². The summed E-state index contributed by atoms with van der Waals surface area (Å²) in [5, 5.41) is 0. The van der Waals surface area contributed by atoms with Crippen molar-refractivity contribution in [3.63, 3.8) is 0 Å². The van der Waals surface area contributed by atoms with Gasteiger partial charge in [-0.1, -0.05) is 17.7 Å². The van der Waals surface area contributed by atoms with E-state index in [9.17, 15) is 9.59 Å². The third kappa shape index (κ3) is 2.78. The van der Waals surface area contributed by atoms with Crippen LogP contribution in [0.5, 0.6) is 0 Å². The molecule has 1 aromatic carbocycles. The minimum atomic E-state index is -0.275. The smallest absolute Gasteiger partial charge is 0.292 e. The van der Waals surface area contributed by atoms with Gasteiger partial charge in [-0.25, -0.2) is 4.90 Å². The first-order chi connectivity index (χ1) is 10.5. The molecule has 2 saturated heterocycles. The van der Waals surface area contributed by atoms with Crippen LogP contribution in [0.25, 0.3) is 0 Å². The van der Waals surface area contributed by atoms with Crippen molar-refractivity contribution < 1.29 is 19.2 Å². The Labute approximate surface area is 130 Å². The molecule has 3 rings (SSSR count). The number of rotatable bonds is 2. The lowest BCUT2D eigenvalue weighted by Crippen LogP contribution is -3.19. The molecular formula is C17H23N2O3+. The summed E-state index contributed by atoms with van der Waals surface area (Å²) in [5.74, 6) is -0.177. The minimum Gasteiger partial charge on any atom is -0.364 e. The number of nitrogens with zero attached hydrogens (tertiary/aromatic N) is 1. The summed E-state index contributed by atoms with van der Waals surface area (Å²) >= 11 is 0. The van der Waals surface area contributed by atoms with Crippen molar-refractivity contribution >= 4 is 17.5 Å². The molecule has 3 unspecified atom stereocenters. The van der Waals surface area contributed by atoms with Crippen molar-refractivity contribution in [3.8, 4) is 0 Å². The van der Waals surface area contributed by atoms with Gasteiger partial charge in [0.15, 0.2) is 6.04 Å². The largest absolute Gasteiger partial charge is 0.364 e. The third-order valence-corrected chi connectivity index (χ3v) is 4.50. The molecule has 5 heteroatoms. The highest BCUT2D eigenvalue weighted by atomic mass is 16.5. The predicted octanol–water partition coefficient (Wildman–Crippen LogP) is 0.319. The van der Waals surface area contributed by atoms with Gasteiger partial charge in [-0.15, -0.1) is 0 Å². The molecule has 1 N–H and O–H groups in total. The normalized spacial score (nSPS) is 32.6. The van der Waals surface area contributed by atoms with Crippen molar-refractivity contribution in [1.82, 2.24) is 0 Å². The van der Waals surface area contributed by atoms with Crippen LogP contribution in [-0.4, -0.2) is 43.2 Å². The van der Waals surface area contributed by atoms with E-state index in [1.54, 1.807) is 0 Å². The second-order valence-corrected chi connectivity index (χ2v) is 6.48. The zero-order chi connectivity index (χ0) is 15.9. The molecule has 2 aliphatic heterocycles. The van der Waals surface area contributed by atoms with Gasteiger partial charge in [0.25, 0.3) is 5.91 Å². The number of quaternary nitrogens is 1. The Hall–Kier alpha value is -1.72. The highest BCUT2D eigenvalue weighted by Gasteiger charge is 2.47. The quantitative estimate of drug-likeness (QED) is 0.801. The van der Waals surface area contributed by atoms with Crippen molar-refractivity contribution in [1.29, 1.82) is 0 Å². The molecule has 0 spiro atoms. The van der Waals surface area contributed by atoms with E-state index >= 15 is 0 Å². The Balaban J connectivity index is 1.80. The number of ether oxygens (including phenoxy) is 1. The van der Waals surface area contributed by atoms with Gasteiger partial charge in [0.05, 0.1) is 12.1 Å². The number of carbonyl (C=O) groups excluding carboxylic acids is 2. The predicted molar refractivity (Wildman–Crippen MR) is 82.8 cm³/mol. The number of nitrogens with one attached hydrogen (secondary N) is 1. The van der Waals surface area contributed by atoms with E-state index in [1.807, 2.05) is 45.0 Å². The van der Waals surface area contributed by atoms with Gasteiger partial charge in [-0.3, -0.25) is 9.59 Å². The Bertz CT molecular complexity index is 574. The number of imide groups is 1. The first-order valence-electron chi connectivity index (χ1n) is 7.89. The van der Waals surface area contributed by atoms with Crippen LogP contribution in [0.2, 0.25) is 0 Å². The van der Waals surface area contributed by atoms with Gasteiger partial charge >= 0.3 is 0 Å². The van der Waals surface area contributed by atoms with Crippen LogP contribution in [-0.2, 0) is 14.3 Å². The number of aryl methyl sites for hydroxylation is 1. The molecule has 0 radical (unpaired) electrons. The highest BCUT2D eigenvalue weighted by molar-refractivity contribution is 6.21. The third-order valence-electron chi connectivity index (χ3n) is 4.50. The molecule has 22 heavy (non-hydrogen) atoms. The lowest BCUT2D eigenvalue weighted by molar-refractivity contribution is -0.929. The summed E-state index contributed by atoms with van der Waals surface area (Å²) in [5.41, 5.74) is 1.79. The number of amides is 2. The van der Waals surface area contributed by atoms with E-state index in [0.29, 0.717) is 12.1 Å². The molecule has 118 valence electrons. The lowest BCUT2D eigenvalue weighted by Gasteiger charge is -2.34. The maximum Gasteiger partial charge on any atom is 0.292 e. The molecular weight excluding hydrogens is 280 g/mol. The van der Waals surface area contributed by atoms with E-state index in [-0.39, 0.29) is 30.1 Å². The number of benzene rings is 1. The summed E-state index contributed by atoms with van der Waals surface area (Å²) < 4.78 is 5.73. The van der Waals surface area contributed by atoms with Crippen molar-refractivity contribution in [2.75, 3.05) is 18.0 Å². The minimum absolute atomic E-state index is 0.0786. The average Bonchev–Trinajstić information content (AvgIpc) is 2.74. The average molecular weight is 303 g/mol. The maximum atomic E-state index is 12.8. The van der Waals surface area contributed by atoms with Crippen LogP contribution in [0, 0.1) is 6.92 Å². The van der Waals surface area contributed by atoms with Gasteiger partial charge in [0.1, 0.15) is 25.3 Å². The van der Waals surface area contributed by atoms with Crippen LogP contribution >= 0.6 is 0 Å². The molecule has 0 saturated carbocycles. The van der Waals surface area contributed by atoms with Crippen LogP contribution < -0.4 is 9.80 Å². The molecule has 1 aromatic rings. The Kier molecular flexibility index (Phi) is 4.02. The summed E-state index contributed by atoms with van der Waals surface area (Å²) in [7, 11) is 0. The molecule has 5 nitrogen and oxygen atoms in total. The topological polar surface area (TPSA) is 51.1 Å². The monoisotopic (exact) mass is 303 g/mol.